The van der Waals surface area contributed by atoms with Crippen LogP contribution >= 0.6 is 11.6 Å². The number of H-pyrrole nitrogens is 1. The Balaban J connectivity index is 1.66. The maximum Gasteiger partial charge on any atom is 0.359 e. The molecule has 0 saturated carbocycles. The van der Waals surface area contributed by atoms with E-state index in [9.17, 15) is 4.79 Å². The minimum atomic E-state index is -0.475. The Bertz CT molecular complexity index is 729. The van der Waals surface area contributed by atoms with Crippen molar-refractivity contribution >= 4 is 17.6 Å². The Labute approximate surface area is 145 Å². The molecule has 0 amide bonds. The first-order valence-corrected chi connectivity index (χ1v) is 8.34. The molecule has 1 N–H and O–H groups in total. The maximum atomic E-state index is 12.1. The third kappa shape index (κ3) is 3.82. The molecule has 128 valence electrons. The van der Waals surface area contributed by atoms with Gasteiger partial charge in [0.2, 0.25) is 0 Å². The van der Waals surface area contributed by atoms with Crippen LogP contribution in [0.4, 0.5) is 0 Å². The number of benzene rings is 1. The van der Waals surface area contributed by atoms with Crippen LogP contribution in [0.3, 0.4) is 0 Å². The molecule has 0 aliphatic carbocycles. The number of aromatic nitrogens is 2. The number of halogens is 1. The molecular formula is C17H19ClN2O4. The molecule has 7 heteroatoms. The highest BCUT2D eigenvalue weighted by Gasteiger charge is 2.17. The molecule has 1 aliphatic heterocycles. The molecule has 0 saturated heterocycles. The van der Waals surface area contributed by atoms with E-state index in [1.807, 2.05) is 0 Å². The summed E-state index contributed by atoms with van der Waals surface area (Å²) in [6, 6.07) is 5.22. The standard InChI is InChI=1S/C17H19ClN2O4/c1-2-4-12-9-14(20-19-12)17(21)24-10-11-7-13(18)16-15(8-11)22-5-3-6-23-16/h7-9H,2-6,10H2,1H3,(H,19,20). The summed E-state index contributed by atoms with van der Waals surface area (Å²) in [5.74, 6) is 0.647. The minimum absolute atomic E-state index is 0.0885. The molecule has 2 heterocycles. The molecule has 1 aromatic carbocycles. The van der Waals surface area contributed by atoms with Gasteiger partial charge in [0.25, 0.3) is 0 Å². The average molecular weight is 351 g/mol. The van der Waals surface area contributed by atoms with E-state index in [4.69, 9.17) is 25.8 Å². The largest absolute Gasteiger partial charge is 0.489 e. The fraction of sp³-hybridized carbons (Fsp3) is 0.412. The van der Waals surface area contributed by atoms with Crippen LogP contribution in [-0.4, -0.2) is 29.4 Å². The van der Waals surface area contributed by atoms with Crippen molar-refractivity contribution in [2.75, 3.05) is 13.2 Å². The Hall–Kier alpha value is -2.21. The van der Waals surface area contributed by atoms with Crippen molar-refractivity contribution in [1.82, 2.24) is 10.2 Å². The van der Waals surface area contributed by atoms with Crippen LogP contribution in [0, 0.1) is 0 Å². The fourth-order valence-corrected chi connectivity index (χ4v) is 2.74. The number of carbonyl (C=O) groups is 1. The number of aromatic amines is 1. The monoisotopic (exact) mass is 350 g/mol. The number of nitrogens with zero attached hydrogens (tertiary/aromatic N) is 1. The van der Waals surface area contributed by atoms with Crippen molar-refractivity contribution in [2.24, 2.45) is 0 Å². The van der Waals surface area contributed by atoms with Crippen LogP contribution < -0.4 is 9.47 Å². The van der Waals surface area contributed by atoms with Gasteiger partial charge in [0.1, 0.15) is 6.61 Å². The molecule has 2 aromatic rings. The average Bonchev–Trinajstić information content (AvgIpc) is 2.90. The van der Waals surface area contributed by atoms with E-state index in [1.54, 1.807) is 18.2 Å². The van der Waals surface area contributed by atoms with Crippen molar-refractivity contribution < 1.29 is 19.0 Å². The van der Waals surface area contributed by atoms with Crippen LogP contribution in [0.1, 0.15) is 41.5 Å². The molecule has 1 aromatic heterocycles. The van der Waals surface area contributed by atoms with Crippen molar-refractivity contribution in [2.45, 2.75) is 32.8 Å². The molecule has 0 unspecified atom stereocenters. The Morgan fingerprint density at radius 1 is 1.33 bits per heavy atom. The Kier molecular flexibility index (Phi) is 5.25. The second-order valence-corrected chi connectivity index (χ2v) is 5.97. The summed E-state index contributed by atoms with van der Waals surface area (Å²) in [4.78, 5) is 12.1. The molecule has 1 aliphatic rings. The molecule has 0 radical (unpaired) electrons. The summed E-state index contributed by atoms with van der Waals surface area (Å²) in [7, 11) is 0. The van der Waals surface area contributed by atoms with Crippen LogP contribution in [0.15, 0.2) is 18.2 Å². The predicted octanol–water partition coefficient (Wildman–Crippen LogP) is 3.53. The number of nitrogens with one attached hydrogen (secondary N) is 1. The molecule has 6 nitrogen and oxygen atoms in total. The summed E-state index contributed by atoms with van der Waals surface area (Å²) in [6.07, 6.45) is 2.62. The number of fused-ring (bicyclic) bond motifs is 1. The molecule has 0 spiro atoms. The minimum Gasteiger partial charge on any atom is -0.489 e. The van der Waals surface area contributed by atoms with E-state index in [0.717, 1.165) is 30.5 Å². The van der Waals surface area contributed by atoms with Crippen molar-refractivity contribution in [3.63, 3.8) is 0 Å². The molecule has 0 fully saturated rings. The highest BCUT2D eigenvalue weighted by atomic mass is 35.5. The van der Waals surface area contributed by atoms with E-state index >= 15 is 0 Å². The summed E-state index contributed by atoms with van der Waals surface area (Å²) in [5, 5.41) is 7.26. The quantitative estimate of drug-likeness (QED) is 0.835. The number of hydrogen-bond donors (Lipinski definition) is 1. The van der Waals surface area contributed by atoms with Gasteiger partial charge in [-0.3, -0.25) is 5.10 Å². The molecule has 3 rings (SSSR count). The number of carbonyl (C=O) groups excluding carboxylic acids is 1. The molecule has 24 heavy (non-hydrogen) atoms. The van der Waals surface area contributed by atoms with E-state index in [-0.39, 0.29) is 12.3 Å². The van der Waals surface area contributed by atoms with Gasteiger partial charge in [-0.25, -0.2) is 4.79 Å². The van der Waals surface area contributed by atoms with Gasteiger partial charge < -0.3 is 14.2 Å². The lowest BCUT2D eigenvalue weighted by Crippen LogP contribution is -2.06. The normalized spacial score (nSPS) is 13.4. The fourth-order valence-electron chi connectivity index (χ4n) is 2.45. The third-order valence-electron chi connectivity index (χ3n) is 3.59. The van der Waals surface area contributed by atoms with Gasteiger partial charge in [0.15, 0.2) is 17.2 Å². The number of aryl methyl sites for hydroxylation is 1. The van der Waals surface area contributed by atoms with Gasteiger partial charge >= 0.3 is 5.97 Å². The van der Waals surface area contributed by atoms with Gasteiger partial charge in [0.05, 0.1) is 18.2 Å². The van der Waals surface area contributed by atoms with Crippen molar-refractivity contribution in [1.29, 1.82) is 0 Å². The van der Waals surface area contributed by atoms with E-state index < -0.39 is 5.97 Å². The van der Waals surface area contributed by atoms with Crippen LogP contribution in [0.5, 0.6) is 11.5 Å². The Morgan fingerprint density at radius 3 is 3.00 bits per heavy atom. The zero-order valence-electron chi connectivity index (χ0n) is 13.4. The highest BCUT2D eigenvalue weighted by Crippen LogP contribution is 2.38. The molecule has 0 atom stereocenters. The molecular weight excluding hydrogens is 332 g/mol. The second-order valence-electron chi connectivity index (χ2n) is 5.56. The lowest BCUT2D eigenvalue weighted by Gasteiger charge is -2.11. The summed E-state index contributed by atoms with van der Waals surface area (Å²) >= 11 is 6.23. The number of ether oxygens (including phenoxy) is 3. The number of rotatable bonds is 5. The highest BCUT2D eigenvalue weighted by molar-refractivity contribution is 6.32. The molecule has 0 bridgehead atoms. The zero-order chi connectivity index (χ0) is 16.9. The second kappa shape index (κ2) is 7.57. The Morgan fingerprint density at radius 2 is 2.17 bits per heavy atom. The first kappa shape index (κ1) is 16.6. The van der Waals surface area contributed by atoms with Gasteiger partial charge in [0, 0.05) is 12.1 Å². The number of hydrogen-bond acceptors (Lipinski definition) is 5. The van der Waals surface area contributed by atoms with Gasteiger partial charge in [-0.1, -0.05) is 24.9 Å². The van der Waals surface area contributed by atoms with E-state index in [2.05, 4.69) is 17.1 Å². The third-order valence-corrected chi connectivity index (χ3v) is 3.87. The first-order valence-electron chi connectivity index (χ1n) is 7.96. The summed E-state index contributed by atoms with van der Waals surface area (Å²) in [5.41, 5.74) is 1.93. The van der Waals surface area contributed by atoms with Crippen LogP contribution in [-0.2, 0) is 17.8 Å². The SMILES string of the molecule is CCCc1cc(C(=O)OCc2cc(Cl)c3c(c2)OCCCO3)n[nH]1. The summed E-state index contributed by atoms with van der Waals surface area (Å²) < 4.78 is 16.5. The first-order chi connectivity index (χ1) is 11.7. The zero-order valence-corrected chi connectivity index (χ0v) is 14.2. The van der Waals surface area contributed by atoms with Gasteiger partial charge in [-0.2, -0.15) is 5.10 Å². The van der Waals surface area contributed by atoms with Crippen molar-refractivity contribution in [3.05, 3.63) is 40.2 Å². The van der Waals surface area contributed by atoms with Gasteiger partial charge in [-0.05, 0) is 30.2 Å². The number of esters is 1. The predicted molar refractivity (Wildman–Crippen MR) is 88.8 cm³/mol. The van der Waals surface area contributed by atoms with Gasteiger partial charge in [-0.15, -0.1) is 0 Å². The van der Waals surface area contributed by atoms with Crippen LogP contribution in [0.2, 0.25) is 5.02 Å². The van der Waals surface area contributed by atoms with E-state index in [1.165, 1.54) is 0 Å². The smallest absolute Gasteiger partial charge is 0.359 e. The lowest BCUT2D eigenvalue weighted by atomic mass is 10.2. The van der Waals surface area contributed by atoms with Crippen LogP contribution in [0.25, 0.3) is 0 Å². The maximum absolute atomic E-state index is 12.1. The lowest BCUT2D eigenvalue weighted by molar-refractivity contribution is 0.0465. The summed E-state index contributed by atoms with van der Waals surface area (Å²) in [6.45, 7) is 3.29. The topological polar surface area (TPSA) is 73.4 Å². The van der Waals surface area contributed by atoms with E-state index in [0.29, 0.717) is 29.7 Å². The van der Waals surface area contributed by atoms with Crippen molar-refractivity contribution in [3.8, 4) is 11.5 Å².